The highest BCUT2D eigenvalue weighted by molar-refractivity contribution is 9.11. The summed E-state index contributed by atoms with van der Waals surface area (Å²) in [7, 11) is 0. The Labute approximate surface area is 107 Å². The molecular weight excluding hydrogens is 290 g/mol. The minimum atomic E-state index is -0.454. The van der Waals surface area contributed by atoms with Gasteiger partial charge >= 0.3 is 5.97 Å². The monoisotopic (exact) mass is 303 g/mol. The summed E-state index contributed by atoms with van der Waals surface area (Å²) in [4.78, 5) is 16.4. The molecule has 0 spiro atoms. The first-order valence-electron chi connectivity index (χ1n) is 5.19. The molecule has 1 heterocycles. The summed E-state index contributed by atoms with van der Waals surface area (Å²) in [6.07, 6.45) is 3.44. The van der Waals surface area contributed by atoms with Gasteiger partial charge in [0.25, 0.3) is 0 Å². The summed E-state index contributed by atoms with van der Waals surface area (Å²) in [5.74, 6) is -0.137. The molecule has 5 heteroatoms. The van der Waals surface area contributed by atoms with Gasteiger partial charge in [-0.25, -0.2) is 4.98 Å². The highest BCUT2D eigenvalue weighted by Crippen LogP contribution is 2.51. The van der Waals surface area contributed by atoms with E-state index in [1.165, 1.54) is 11.3 Å². The first kappa shape index (κ1) is 12.0. The van der Waals surface area contributed by atoms with Crippen molar-refractivity contribution in [3.05, 3.63) is 15.0 Å². The molecule has 1 aromatic heterocycles. The van der Waals surface area contributed by atoms with Gasteiger partial charge in [-0.15, -0.1) is 11.3 Å². The van der Waals surface area contributed by atoms with Gasteiger partial charge in [0.15, 0.2) is 0 Å². The zero-order chi connectivity index (χ0) is 12.0. The number of hydrogen-bond donors (Lipinski definition) is 0. The van der Waals surface area contributed by atoms with Crippen LogP contribution in [-0.4, -0.2) is 16.6 Å². The number of esters is 1. The minimum Gasteiger partial charge on any atom is -0.459 e. The Kier molecular flexibility index (Phi) is 2.87. The molecule has 1 fully saturated rings. The molecule has 1 aromatic rings. The second kappa shape index (κ2) is 3.81. The Morgan fingerprint density at radius 1 is 1.56 bits per heavy atom. The second-order valence-electron chi connectivity index (χ2n) is 5.05. The largest absolute Gasteiger partial charge is 0.459 e. The number of aromatic nitrogens is 1. The molecule has 1 aliphatic rings. The molecule has 2 rings (SSSR count). The van der Waals surface area contributed by atoms with E-state index in [1.807, 2.05) is 20.8 Å². The maximum Gasteiger partial charge on any atom is 0.319 e. The summed E-state index contributed by atoms with van der Waals surface area (Å²) in [5.41, 5.74) is -0.884. The lowest BCUT2D eigenvalue weighted by molar-refractivity contribution is -0.158. The number of thiazole rings is 1. The molecular formula is C11H14BrNO2S. The highest BCUT2D eigenvalue weighted by Gasteiger charge is 2.56. The molecule has 0 amide bonds. The molecule has 1 saturated carbocycles. The standard InChI is InChI=1S/C11H14BrNO2S/c1-10(2,3)15-9(14)11(4-5-11)8-13-6-7(12)16-8/h6H,4-5H2,1-3H3. The van der Waals surface area contributed by atoms with E-state index >= 15 is 0 Å². The SMILES string of the molecule is CC(C)(C)OC(=O)C1(c2ncc(Br)s2)CC1. The van der Waals surface area contributed by atoms with Crippen LogP contribution >= 0.6 is 27.3 Å². The number of hydrogen-bond acceptors (Lipinski definition) is 4. The van der Waals surface area contributed by atoms with E-state index in [2.05, 4.69) is 20.9 Å². The fourth-order valence-corrected chi connectivity index (χ4v) is 2.92. The van der Waals surface area contributed by atoms with E-state index in [1.54, 1.807) is 6.20 Å². The van der Waals surface area contributed by atoms with E-state index in [4.69, 9.17) is 4.74 Å². The summed E-state index contributed by atoms with van der Waals surface area (Å²) in [5, 5.41) is 0.869. The minimum absolute atomic E-state index is 0.137. The zero-order valence-electron chi connectivity index (χ0n) is 9.54. The molecule has 3 nitrogen and oxygen atoms in total. The lowest BCUT2D eigenvalue weighted by atomic mass is 10.1. The Bertz CT molecular complexity index is 418. The van der Waals surface area contributed by atoms with Gasteiger partial charge in [0.1, 0.15) is 16.0 Å². The number of carbonyl (C=O) groups is 1. The number of ether oxygens (including phenoxy) is 1. The van der Waals surface area contributed by atoms with Gasteiger partial charge in [-0.05, 0) is 49.5 Å². The maximum atomic E-state index is 12.1. The number of rotatable bonds is 2. The molecule has 0 saturated heterocycles. The Morgan fingerprint density at radius 3 is 2.56 bits per heavy atom. The molecule has 88 valence electrons. The number of carbonyl (C=O) groups excluding carboxylic acids is 1. The van der Waals surface area contributed by atoms with Crippen molar-refractivity contribution in [3.8, 4) is 0 Å². The number of nitrogens with zero attached hydrogens (tertiary/aromatic N) is 1. The lowest BCUT2D eigenvalue weighted by Crippen LogP contribution is -2.31. The van der Waals surface area contributed by atoms with Crippen LogP contribution < -0.4 is 0 Å². The molecule has 1 aliphatic carbocycles. The molecule has 0 radical (unpaired) electrons. The maximum absolute atomic E-state index is 12.1. The van der Waals surface area contributed by atoms with Crippen LogP contribution in [-0.2, 0) is 14.9 Å². The molecule has 0 atom stereocenters. The van der Waals surface area contributed by atoms with E-state index in [0.29, 0.717) is 0 Å². The molecule has 0 aromatic carbocycles. The van der Waals surface area contributed by atoms with Crippen LogP contribution in [0.15, 0.2) is 9.98 Å². The number of halogens is 1. The Hall–Kier alpha value is -0.420. The second-order valence-corrected chi connectivity index (χ2v) is 7.46. The topological polar surface area (TPSA) is 39.2 Å². The van der Waals surface area contributed by atoms with Gasteiger partial charge in [-0.3, -0.25) is 4.79 Å². The fourth-order valence-electron chi connectivity index (χ4n) is 1.48. The molecule has 0 unspecified atom stereocenters. The van der Waals surface area contributed by atoms with Crippen molar-refractivity contribution in [2.45, 2.75) is 44.6 Å². The summed E-state index contributed by atoms with van der Waals surface area (Å²) in [6, 6.07) is 0. The van der Waals surface area contributed by atoms with Crippen LogP contribution in [0.4, 0.5) is 0 Å². The van der Waals surface area contributed by atoms with Crippen molar-refractivity contribution >= 4 is 33.2 Å². The lowest BCUT2D eigenvalue weighted by Gasteiger charge is -2.22. The van der Waals surface area contributed by atoms with Crippen LogP contribution in [0.3, 0.4) is 0 Å². The van der Waals surface area contributed by atoms with Crippen molar-refractivity contribution in [1.82, 2.24) is 4.98 Å². The smallest absolute Gasteiger partial charge is 0.319 e. The van der Waals surface area contributed by atoms with Gasteiger partial charge in [0.2, 0.25) is 0 Å². The van der Waals surface area contributed by atoms with Crippen molar-refractivity contribution in [3.63, 3.8) is 0 Å². The van der Waals surface area contributed by atoms with Crippen LogP contribution in [0.25, 0.3) is 0 Å². The van der Waals surface area contributed by atoms with Gasteiger partial charge in [0.05, 0.1) is 9.98 Å². The average Bonchev–Trinajstić information content (AvgIpc) is 2.82. The average molecular weight is 304 g/mol. The van der Waals surface area contributed by atoms with E-state index in [-0.39, 0.29) is 5.97 Å². The normalized spacial score (nSPS) is 18.2. The predicted molar refractivity (Wildman–Crippen MR) is 66.6 cm³/mol. The van der Waals surface area contributed by atoms with Gasteiger partial charge in [-0.1, -0.05) is 0 Å². The van der Waals surface area contributed by atoms with Gasteiger partial charge in [0, 0.05) is 0 Å². The predicted octanol–water partition coefficient (Wildman–Crippen LogP) is 3.28. The third-order valence-electron chi connectivity index (χ3n) is 2.43. The zero-order valence-corrected chi connectivity index (χ0v) is 11.9. The first-order valence-corrected chi connectivity index (χ1v) is 6.80. The Morgan fingerprint density at radius 2 is 2.19 bits per heavy atom. The van der Waals surface area contributed by atoms with Crippen LogP contribution in [0.1, 0.15) is 38.6 Å². The van der Waals surface area contributed by atoms with E-state index in [0.717, 1.165) is 21.6 Å². The molecule has 0 bridgehead atoms. The fraction of sp³-hybridized carbons (Fsp3) is 0.636. The highest BCUT2D eigenvalue weighted by atomic mass is 79.9. The van der Waals surface area contributed by atoms with Gasteiger partial charge < -0.3 is 4.74 Å². The summed E-state index contributed by atoms with van der Waals surface area (Å²) in [6.45, 7) is 5.66. The van der Waals surface area contributed by atoms with E-state index < -0.39 is 11.0 Å². The van der Waals surface area contributed by atoms with Gasteiger partial charge in [-0.2, -0.15) is 0 Å². The third-order valence-corrected chi connectivity index (χ3v) is 4.11. The quantitative estimate of drug-likeness (QED) is 0.787. The molecule has 16 heavy (non-hydrogen) atoms. The summed E-state index contributed by atoms with van der Waals surface area (Å²) < 4.78 is 6.40. The summed E-state index contributed by atoms with van der Waals surface area (Å²) >= 11 is 4.88. The van der Waals surface area contributed by atoms with E-state index in [9.17, 15) is 4.79 Å². The van der Waals surface area contributed by atoms with Crippen LogP contribution in [0, 0.1) is 0 Å². The van der Waals surface area contributed by atoms with Crippen molar-refractivity contribution in [2.24, 2.45) is 0 Å². The van der Waals surface area contributed by atoms with Crippen LogP contribution in [0.2, 0.25) is 0 Å². The Balaban J connectivity index is 2.17. The van der Waals surface area contributed by atoms with Crippen molar-refractivity contribution in [2.75, 3.05) is 0 Å². The molecule has 0 aliphatic heterocycles. The first-order chi connectivity index (χ1) is 7.33. The van der Waals surface area contributed by atoms with Crippen molar-refractivity contribution in [1.29, 1.82) is 0 Å². The van der Waals surface area contributed by atoms with Crippen LogP contribution in [0.5, 0.6) is 0 Å². The third kappa shape index (κ3) is 2.30. The van der Waals surface area contributed by atoms with Crippen molar-refractivity contribution < 1.29 is 9.53 Å². The molecule has 0 N–H and O–H groups in total.